The molecular formula is C9H5N3O2S. The van der Waals surface area contributed by atoms with E-state index in [4.69, 9.17) is 5.11 Å². The summed E-state index contributed by atoms with van der Waals surface area (Å²) >= 11 is 1.22. The molecule has 6 heteroatoms. The SMILES string of the molecule is O=C(O)c1cc2ccc3[nH]snc3c2n1. The van der Waals surface area contributed by atoms with Gasteiger partial charge in [0.05, 0.1) is 5.52 Å². The number of aromatic nitrogens is 3. The Balaban J connectivity index is 2.46. The summed E-state index contributed by atoms with van der Waals surface area (Å²) in [6.45, 7) is 0. The van der Waals surface area contributed by atoms with Crippen molar-refractivity contribution in [2.45, 2.75) is 0 Å². The third-order valence-electron chi connectivity index (χ3n) is 2.22. The highest BCUT2D eigenvalue weighted by Gasteiger charge is 2.12. The number of rotatable bonds is 1. The lowest BCUT2D eigenvalue weighted by Crippen LogP contribution is -1.94. The van der Waals surface area contributed by atoms with Crippen molar-refractivity contribution in [2.24, 2.45) is 0 Å². The van der Waals surface area contributed by atoms with Crippen molar-refractivity contribution in [3.05, 3.63) is 23.9 Å². The van der Waals surface area contributed by atoms with Gasteiger partial charge in [0.2, 0.25) is 0 Å². The molecule has 0 unspecified atom stereocenters. The van der Waals surface area contributed by atoms with Gasteiger partial charge in [0.15, 0.2) is 0 Å². The predicted octanol–water partition coefficient (Wildman–Crippen LogP) is 1.87. The van der Waals surface area contributed by atoms with E-state index in [1.165, 1.54) is 11.7 Å². The van der Waals surface area contributed by atoms with Crippen LogP contribution in [0.25, 0.3) is 21.9 Å². The highest BCUT2D eigenvalue weighted by Crippen LogP contribution is 2.23. The van der Waals surface area contributed by atoms with Gasteiger partial charge in [0.25, 0.3) is 0 Å². The van der Waals surface area contributed by atoms with E-state index in [0.717, 1.165) is 16.4 Å². The first kappa shape index (κ1) is 8.37. The molecule has 15 heavy (non-hydrogen) atoms. The molecule has 5 nitrogen and oxygen atoms in total. The molecule has 2 heterocycles. The topological polar surface area (TPSA) is 78.9 Å². The number of hydrogen-bond donors (Lipinski definition) is 2. The van der Waals surface area contributed by atoms with Crippen molar-refractivity contribution in [1.82, 2.24) is 13.7 Å². The second kappa shape index (κ2) is 2.77. The summed E-state index contributed by atoms with van der Waals surface area (Å²) in [5, 5.41) is 9.63. The molecule has 3 rings (SSSR count). The van der Waals surface area contributed by atoms with Crippen LogP contribution < -0.4 is 0 Å². The maximum absolute atomic E-state index is 10.8. The molecule has 2 N–H and O–H groups in total. The average Bonchev–Trinajstić information content (AvgIpc) is 2.82. The van der Waals surface area contributed by atoms with E-state index in [9.17, 15) is 4.79 Å². The normalized spacial score (nSPS) is 11.2. The van der Waals surface area contributed by atoms with Gasteiger partial charge >= 0.3 is 5.97 Å². The smallest absolute Gasteiger partial charge is 0.354 e. The summed E-state index contributed by atoms with van der Waals surface area (Å²) in [6, 6.07) is 5.26. The van der Waals surface area contributed by atoms with Crippen LogP contribution in [0.2, 0.25) is 0 Å². The van der Waals surface area contributed by atoms with Crippen LogP contribution in [0.1, 0.15) is 10.5 Å². The lowest BCUT2D eigenvalue weighted by atomic mass is 10.2. The van der Waals surface area contributed by atoms with E-state index in [1.807, 2.05) is 12.1 Å². The third kappa shape index (κ3) is 1.11. The predicted molar refractivity (Wildman–Crippen MR) is 56.2 cm³/mol. The number of carboxylic acid groups (broad SMARTS) is 1. The van der Waals surface area contributed by atoms with Crippen LogP contribution in [0.3, 0.4) is 0 Å². The van der Waals surface area contributed by atoms with E-state index < -0.39 is 5.97 Å². The second-order valence-electron chi connectivity index (χ2n) is 3.13. The third-order valence-corrected chi connectivity index (χ3v) is 2.80. The molecule has 0 bridgehead atoms. The van der Waals surface area contributed by atoms with E-state index in [1.54, 1.807) is 6.07 Å². The fourth-order valence-electron chi connectivity index (χ4n) is 1.53. The molecule has 0 atom stereocenters. The summed E-state index contributed by atoms with van der Waals surface area (Å²) in [7, 11) is 0. The van der Waals surface area contributed by atoms with Crippen LogP contribution in [0, 0.1) is 0 Å². The van der Waals surface area contributed by atoms with E-state index in [0.29, 0.717) is 5.52 Å². The van der Waals surface area contributed by atoms with Crippen LogP contribution in [0.4, 0.5) is 0 Å². The lowest BCUT2D eigenvalue weighted by molar-refractivity contribution is 0.0691. The van der Waals surface area contributed by atoms with Crippen molar-refractivity contribution in [1.29, 1.82) is 0 Å². The van der Waals surface area contributed by atoms with Gasteiger partial charge in [-0.25, -0.2) is 9.78 Å². The van der Waals surface area contributed by atoms with E-state index >= 15 is 0 Å². The molecule has 74 valence electrons. The molecule has 1 aromatic carbocycles. The van der Waals surface area contributed by atoms with Crippen LogP contribution in [0.5, 0.6) is 0 Å². The number of benzene rings is 1. The molecule has 0 saturated carbocycles. The number of fused-ring (bicyclic) bond motifs is 3. The van der Waals surface area contributed by atoms with Crippen molar-refractivity contribution in [2.75, 3.05) is 0 Å². The van der Waals surface area contributed by atoms with Crippen molar-refractivity contribution < 1.29 is 9.90 Å². The molecule has 3 aromatic rings. The molecular weight excluding hydrogens is 214 g/mol. The zero-order chi connectivity index (χ0) is 10.4. The Morgan fingerprint density at radius 3 is 3.07 bits per heavy atom. The Bertz CT molecular complexity index is 670. The molecule has 0 radical (unpaired) electrons. The minimum absolute atomic E-state index is 0.0606. The second-order valence-corrected chi connectivity index (χ2v) is 3.70. The van der Waals surface area contributed by atoms with Gasteiger partial charge in [-0.05, 0) is 12.1 Å². The first-order chi connectivity index (χ1) is 7.25. The molecule has 0 saturated heterocycles. The average molecular weight is 219 g/mol. The van der Waals surface area contributed by atoms with E-state index in [-0.39, 0.29) is 5.69 Å². The largest absolute Gasteiger partial charge is 0.477 e. The standard InChI is InChI=1S/C9H5N3O2S/c13-9(14)6-3-4-1-2-5-8(7(4)10-6)12-15-11-5/h1-3,11H,(H,13,14). The maximum atomic E-state index is 10.8. The molecule has 0 fully saturated rings. The van der Waals surface area contributed by atoms with Gasteiger partial charge in [0.1, 0.15) is 16.7 Å². The first-order valence-electron chi connectivity index (χ1n) is 4.22. The number of carboxylic acids is 1. The Kier molecular flexibility index (Phi) is 1.54. The Morgan fingerprint density at radius 2 is 2.27 bits per heavy atom. The van der Waals surface area contributed by atoms with Crippen LogP contribution in [-0.2, 0) is 0 Å². The minimum atomic E-state index is -1.02. The van der Waals surface area contributed by atoms with Crippen LogP contribution in [-0.4, -0.2) is 24.8 Å². The highest BCUT2D eigenvalue weighted by atomic mass is 32.1. The van der Waals surface area contributed by atoms with Crippen LogP contribution in [0.15, 0.2) is 18.2 Å². The Labute approximate surface area is 87.7 Å². The fraction of sp³-hybridized carbons (Fsp3) is 0. The van der Waals surface area contributed by atoms with Gasteiger partial charge in [-0.1, -0.05) is 6.07 Å². The van der Waals surface area contributed by atoms with Crippen LogP contribution >= 0.6 is 11.7 Å². The summed E-state index contributed by atoms with van der Waals surface area (Å²) in [4.78, 5) is 14.8. The Hall–Kier alpha value is -1.95. The number of nitrogens with one attached hydrogen (secondary N) is 1. The van der Waals surface area contributed by atoms with Crippen molar-refractivity contribution in [3.63, 3.8) is 0 Å². The van der Waals surface area contributed by atoms with E-state index in [2.05, 4.69) is 13.7 Å². The number of nitrogens with zero attached hydrogens (tertiary/aromatic N) is 2. The summed E-state index contributed by atoms with van der Waals surface area (Å²) in [6.07, 6.45) is 0. The van der Waals surface area contributed by atoms with Crippen molar-refractivity contribution >= 4 is 39.6 Å². The number of carbonyl (C=O) groups is 1. The molecule has 0 aliphatic carbocycles. The quantitative estimate of drug-likeness (QED) is 0.654. The molecule has 0 aliphatic rings. The molecule has 0 spiro atoms. The number of aromatic amines is 1. The zero-order valence-corrected chi connectivity index (χ0v) is 8.21. The maximum Gasteiger partial charge on any atom is 0.354 e. The monoisotopic (exact) mass is 219 g/mol. The lowest BCUT2D eigenvalue weighted by Gasteiger charge is -1.87. The highest BCUT2D eigenvalue weighted by molar-refractivity contribution is 7.00. The number of aromatic carboxylic acids is 1. The molecule has 0 amide bonds. The number of H-pyrrole nitrogens is 1. The zero-order valence-electron chi connectivity index (χ0n) is 7.39. The fourth-order valence-corrected chi connectivity index (χ4v) is 2.12. The van der Waals surface area contributed by atoms with Gasteiger partial charge in [-0.15, -0.1) is 0 Å². The van der Waals surface area contributed by atoms with Gasteiger partial charge in [-0.2, -0.15) is 4.37 Å². The van der Waals surface area contributed by atoms with Gasteiger partial charge in [0, 0.05) is 17.1 Å². The van der Waals surface area contributed by atoms with Gasteiger partial charge < -0.3 is 5.11 Å². The number of hydrogen-bond acceptors (Lipinski definition) is 4. The van der Waals surface area contributed by atoms with Gasteiger partial charge in [-0.3, -0.25) is 4.37 Å². The summed E-state index contributed by atoms with van der Waals surface area (Å²) in [5.41, 5.74) is 2.31. The van der Waals surface area contributed by atoms with Crippen molar-refractivity contribution in [3.8, 4) is 0 Å². The summed E-state index contributed by atoms with van der Waals surface area (Å²) < 4.78 is 7.14. The molecule has 0 aliphatic heterocycles. The summed E-state index contributed by atoms with van der Waals surface area (Å²) in [5.74, 6) is -1.02. The minimum Gasteiger partial charge on any atom is -0.477 e. The molecule has 2 aromatic heterocycles. The first-order valence-corrected chi connectivity index (χ1v) is 5.00. The Morgan fingerprint density at radius 1 is 1.40 bits per heavy atom.